The molecule has 0 amide bonds. The molecular weight excluding hydrogens is 511 g/mol. The number of carbonyl (C=O) groups excluding carboxylic acids is 1. The number of benzene rings is 2. The van der Waals surface area contributed by atoms with E-state index < -0.39 is 22.2 Å². The Morgan fingerprint density at radius 2 is 2.00 bits per heavy atom. The molecule has 2 aliphatic rings. The third-order valence-corrected chi connectivity index (χ3v) is 8.95. The lowest BCUT2D eigenvalue weighted by atomic mass is 10.0. The van der Waals surface area contributed by atoms with E-state index in [0.717, 1.165) is 30.2 Å². The molecule has 1 unspecified atom stereocenters. The number of rotatable bonds is 7. The van der Waals surface area contributed by atoms with Crippen LogP contribution in [0.3, 0.4) is 0 Å². The van der Waals surface area contributed by atoms with Crippen molar-refractivity contribution in [1.29, 1.82) is 0 Å². The van der Waals surface area contributed by atoms with Gasteiger partial charge in [0.2, 0.25) is 10.0 Å². The van der Waals surface area contributed by atoms with Gasteiger partial charge < -0.3 is 14.2 Å². The lowest BCUT2D eigenvalue weighted by molar-refractivity contribution is -0.168. The highest BCUT2D eigenvalue weighted by Gasteiger charge is 2.33. The number of sulfonamides is 1. The highest BCUT2D eigenvalue weighted by atomic mass is 32.2. The molecule has 3 aromatic rings. The molecule has 0 spiro atoms. The van der Waals surface area contributed by atoms with Crippen LogP contribution in [0.25, 0.3) is 22.2 Å². The van der Waals surface area contributed by atoms with Gasteiger partial charge in [-0.3, -0.25) is 0 Å². The Labute approximate surface area is 221 Å². The average molecular weight is 543 g/mol. The molecule has 202 valence electrons. The van der Waals surface area contributed by atoms with E-state index >= 15 is 0 Å². The summed E-state index contributed by atoms with van der Waals surface area (Å²) in [6.07, 6.45) is 1.42. The van der Waals surface area contributed by atoms with Crippen molar-refractivity contribution in [3.05, 3.63) is 59.2 Å². The van der Waals surface area contributed by atoms with Crippen LogP contribution in [-0.2, 0) is 30.8 Å². The number of aryl methyl sites for hydroxylation is 1. The van der Waals surface area contributed by atoms with Crippen LogP contribution >= 0.6 is 0 Å². The Balaban J connectivity index is 1.56. The molecule has 3 heterocycles. The van der Waals surface area contributed by atoms with Crippen molar-refractivity contribution in [2.75, 3.05) is 26.8 Å². The van der Waals surface area contributed by atoms with Crippen LogP contribution < -0.4 is 0 Å². The Hall–Kier alpha value is -2.92. The van der Waals surface area contributed by atoms with Gasteiger partial charge in [0.05, 0.1) is 35.4 Å². The number of ether oxygens (including phenoxy) is 3. The zero-order valence-corrected chi connectivity index (χ0v) is 22.3. The molecule has 0 radical (unpaired) electrons. The second-order valence-electron chi connectivity index (χ2n) is 9.72. The summed E-state index contributed by atoms with van der Waals surface area (Å²) in [4.78, 5) is 17.0. The molecule has 2 aromatic carbocycles. The number of hydrogen-bond donors (Lipinski definition) is 0. The molecule has 5 rings (SSSR count). The molecule has 0 bridgehead atoms. The molecular formula is C28H31FN2O6S. The zero-order chi connectivity index (χ0) is 26.9. The van der Waals surface area contributed by atoms with E-state index in [9.17, 15) is 17.6 Å². The van der Waals surface area contributed by atoms with E-state index in [-0.39, 0.29) is 37.3 Å². The molecule has 0 N–H and O–H groups in total. The lowest BCUT2D eigenvalue weighted by Crippen LogP contribution is -2.29. The van der Waals surface area contributed by atoms with Crippen molar-refractivity contribution in [3.8, 4) is 11.3 Å². The summed E-state index contributed by atoms with van der Waals surface area (Å²) in [6.45, 7) is 2.72. The number of carbonyl (C=O) groups is 1. The fourth-order valence-corrected chi connectivity index (χ4v) is 6.50. The molecule has 38 heavy (non-hydrogen) atoms. The van der Waals surface area contributed by atoms with Gasteiger partial charge in [-0.25, -0.2) is 22.6 Å². The minimum absolute atomic E-state index is 0.0870. The number of fused-ring (bicyclic) bond motifs is 1. The third kappa shape index (κ3) is 5.44. The normalized spacial score (nSPS) is 20.6. The Kier molecular flexibility index (Phi) is 7.76. The maximum atomic E-state index is 13.8. The van der Waals surface area contributed by atoms with Crippen LogP contribution in [0.2, 0.25) is 0 Å². The Morgan fingerprint density at radius 3 is 2.71 bits per heavy atom. The third-order valence-electron chi connectivity index (χ3n) is 7.08. The van der Waals surface area contributed by atoms with Crippen molar-refractivity contribution in [1.82, 2.24) is 9.29 Å². The van der Waals surface area contributed by atoms with Gasteiger partial charge in [-0.1, -0.05) is 12.1 Å². The second-order valence-corrected chi connectivity index (χ2v) is 11.7. The number of alkyl halides is 1. The minimum Gasteiger partial charge on any atom is -0.465 e. The van der Waals surface area contributed by atoms with Crippen molar-refractivity contribution in [3.63, 3.8) is 0 Å². The highest BCUT2D eigenvalue weighted by Crippen LogP contribution is 2.32. The SMILES string of the molecule is COC(=O)c1ccc2c(C)cc(-c3ccc(S(=O)(=O)N4CC[C@H](F)C4)cc3COC3CCCCO3)nc2c1. The molecule has 0 saturated carbocycles. The van der Waals surface area contributed by atoms with Gasteiger partial charge >= 0.3 is 5.97 Å². The van der Waals surface area contributed by atoms with E-state index in [0.29, 0.717) is 34.5 Å². The summed E-state index contributed by atoms with van der Waals surface area (Å²) in [7, 11) is -2.53. The van der Waals surface area contributed by atoms with Crippen molar-refractivity contribution >= 4 is 26.9 Å². The number of halogens is 1. The number of nitrogens with zero attached hydrogens (tertiary/aromatic N) is 2. The molecule has 2 saturated heterocycles. The van der Waals surface area contributed by atoms with Crippen LogP contribution in [0.15, 0.2) is 47.4 Å². The van der Waals surface area contributed by atoms with Crippen LogP contribution in [0, 0.1) is 6.92 Å². The maximum Gasteiger partial charge on any atom is 0.337 e. The number of methoxy groups -OCH3 is 1. The van der Waals surface area contributed by atoms with E-state index in [2.05, 4.69) is 0 Å². The molecule has 0 aliphatic carbocycles. The summed E-state index contributed by atoms with van der Waals surface area (Å²) >= 11 is 0. The van der Waals surface area contributed by atoms with Gasteiger partial charge in [-0.05, 0) is 74.1 Å². The van der Waals surface area contributed by atoms with Crippen molar-refractivity contribution in [2.45, 2.75) is 56.6 Å². The van der Waals surface area contributed by atoms with E-state index in [1.807, 2.05) is 19.1 Å². The summed E-state index contributed by atoms with van der Waals surface area (Å²) in [5, 5.41) is 0.892. The van der Waals surface area contributed by atoms with Gasteiger partial charge in [-0.2, -0.15) is 4.31 Å². The van der Waals surface area contributed by atoms with E-state index in [1.165, 1.54) is 17.5 Å². The smallest absolute Gasteiger partial charge is 0.337 e. The summed E-state index contributed by atoms with van der Waals surface area (Å²) in [5.74, 6) is -0.453. The number of pyridine rings is 1. The van der Waals surface area contributed by atoms with Crippen molar-refractivity contribution < 1.29 is 31.8 Å². The molecule has 2 fully saturated rings. The fraction of sp³-hybridized carbons (Fsp3) is 0.429. The highest BCUT2D eigenvalue weighted by molar-refractivity contribution is 7.89. The molecule has 2 aliphatic heterocycles. The van der Waals surface area contributed by atoms with Gasteiger partial charge in [-0.15, -0.1) is 0 Å². The van der Waals surface area contributed by atoms with Gasteiger partial charge in [0.1, 0.15) is 6.17 Å². The summed E-state index contributed by atoms with van der Waals surface area (Å²) in [5.41, 5.74) is 3.92. The predicted octanol–water partition coefficient (Wildman–Crippen LogP) is 4.77. The largest absolute Gasteiger partial charge is 0.465 e. The average Bonchev–Trinajstić information content (AvgIpc) is 3.38. The van der Waals surface area contributed by atoms with Crippen LogP contribution in [0.5, 0.6) is 0 Å². The van der Waals surface area contributed by atoms with Gasteiger partial charge in [0, 0.05) is 30.6 Å². The first-order valence-corrected chi connectivity index (χ1v) is 14.2. The van der Waals surface area contributed by atoms with E-state index in [1.54, 1.807) is 24.3 Å². The first-order valence-electron chi connectivity index (χ1n) is 12.8. The topological polar surface area (TPSA) is 95.0 Å². The summed E-state index contributed by atoms with van der Waals surface area (Å²) in [6, 6.07) is 12.0. The van der Waals surface area contributed by atoms with E-state index in [4.69, 9.17) is 19.2 Å². The quantitative estimate of drug-likeness (QED) is 0.397. The zero-order valence-electron chi connectivity index (χ0n) is 21.5. The Bertz CT molecular complexity index is 1460. The number of hydrogen-bond acceptors (Lipinski definition) is 7. The first kappa shape index (κ1) is 26.7. The van der Waals surface area contributed by atoms with Crippen LogP contribution in [-0.4, -0.2) is 62.9 Å². The van der Waals surface area contributed by atoms with Gasteiger partial charge in [0.15, 0.2) is 6.29 Å². The monoisotopic (exact) mass is 542 g/mol. The molecule has 8 nitrogen and oxygen atoms in total. The second kappa shape index (κ2) is 11.1. The molecule has 1 aromatic heterocycles. The molecule has 2 atom stereocenters. The van der Waals surface area contributed by atoms with Crippen LogP contribution in [0.4, 0.5) is 4.39 Å². The number of aromatic nitrogens is 1. The fourth-order valence-electron chi connectivity index (χ4n) is 4.97. The molecule has 10 heteroatoms. The lowest BCUT2D eigenvalue weighted by Gasteiger charge is -2.24. The number of esters is 1. The van der Waals surface area contributed by atoms with Gasteiger partial charge in [0.25, 0.3) is 0 Å². The first-order chi connectivity index (χ1) is 18.3. The maximum absolute atomic E-state index is 13.8. The standard InChI is InChI=1S/C28H31FN2O6S/c1-18-13-25(30-26-15-19(28(32)35-2)6-8-23(18)26)24-9-7-22(38(33,34)31-11-10-21(29)16-31)14-20(24)17-37-27-5-3-4-12-36-27/h6-9,13-15,21,27H,3-5,10-12,16-17H2,1-2H3/t21-,27?/m0/s1. The summed E-state index contributed by atoms with van der Waals surface area (Å²) < 4.78 is 58.2. The predicted molar refractivity (Wildman–Crippen MR) is 140 cm³/mol. The van der Waals surface area contributed by atoms with Crippen molar-refractivity contribution in [2.24, 2.45) is 0 Å². The Morgan fingerprint density at radius 1 is 1.16 bits per heavy atom. The minimum atomic E-state index is -3.86. The van der Waals surface area contributed by atoms with Crippen LogP contribution in [0.1, 0.15) is 47.2 Å².